The Kier molecular flexibility index (Phi) is 4.36. The Morgan fingerprint density at radius 3 is 2.85 bits per heavy atom. The molecule has 1 N–H and O–H groups in total. The minimum absolute atomic E-state index is 0.0809. The van der Waals surface area contributed by atoms with Crippen molar-refractivity contribution in [3.8, 4) is 0 Å². The second-order valence-electron chi connectivity index (χ2n) is 4.06. The normalized spacial score (nSPS) is 11.6. The van der Waals surface area contributed by atoms with E-state index < -0.39 is 10.0 Å². The van der Waals surface area contributed by atoms with Gasteiger partial charge in [-0.2, -0.15) is 5.10 Å². The number of pyridine rings is 1. The van der Waals surface area contributed by atoms with Crippen LogP contribution in [0.25, 0.3) is 0 Å². The van der Waals surface area contributed by atoms with Crippen molar-refractivity contribution in [3.63, 3.8) is 0 Å². The van der Waals surface area contributed by atoms with Gasteiger partial charge in [-0.05, 0) is 28.4 Å². The topological polar surface area (TPSA) is 76.9 Å². The second-order valence-corrected chi connectivity index (χ2v) is 6.99. The third kappa shape index (κ3) is 3.13. The van der Waals surface area contributed by atoms with Gasteiger partial charge in [-0.1, -0.05) is 18.5 Å². The minimum Gasteiger partial charge on any atom is -0.276 e. The Hall–Kier alpha value is -1.12. The molecule has 0 amide bonds. The zero-order valence-electron chi connectivity index (χ0n) is 10.8. The van der Waals surface area contributed by atoms with E-state index in [0.717, 1.165) is 0 Å². The van der Waals surface area contributed by atoms with Gasteiger partial charge < -0.3 is 0 Å². The molecule has 0 spiro atoms. The van der Waals surface area contributed by atoms with Gasteiger partial charge in [0, 0.05) is 23.9 Å². The van der Waals surface area contributed by atoms with Crippen LogP contribution >= 0.6 is 27.5 Å². The highest BCUT2D eigenvalue weighted by Gasteiger charge is 2.21. The molecule has 0 saturated heterocycles. The van der Waals surface area contributed by atoms with Gasteiger partial charge in [-0.25, -0.2) is 13.4 Å². The molecule has 0 aliphatic carbocycles. The lowest BCUT2D eigenvalue weighted by Crippen LogP contribution is -2.14. The van der Waals surface area contributed by atoms with E-state index in [2.05, 4.69) is 30.7 Å². The Labute approximate surface area is 130 Å². The van der Waals surface area contributed by atoms with E-state index in [9.17, 15) is 8.42 Å². The number of aromatic nitrogens is 3. The Morgan fingerprint density at radius 2 is 2.20 bits per heavy atom. The number of hydrogen-bond donors (Lipinski definition) is 1. The molecule has 0 unspecified atom stereocenters. The SMILES string of the molecule is CCc1nn(C)cc1NS(=O)(=O)c1cc(Br)cnc1Cl. The minimum atomic E-state index is -3.81. The van der Waals surface area contributed by atoms with E-state index in [1.165, 1.54) is 12.3 Å². The van der Waals surface area contributed by atoms with Gasteiger partial charge in [-0.15, -0.1) is 0 Å². The first-order valence-electron chi connectivity index (χ1n) is 5.70. The number of rotatable bonds is 4. The van der Waals surface area contributed by atoms with Crippen LogP contribution in [0.5, 0.6) is 0 Å². The summed E-state index contributed by atoms with van der Waals surface area (Å²) in [4.78, 5) is 3.73. The predicted octanol–water partition coefficient (Wildman–Crippen LogP) is 2.59. The van der Waals surface area contributed by atoms with E-state index in [0.29, 0.717) is 22.3 Å². The van der Waals surface area contributed by atoms with Crippen molar-refractivity contribution < 1.29 is 8.42 Å². The fraction of sp³-hybridized carbons (Fsp3) is 0.273. The lowest BCUT2D eigenvalue weighted by Gasteiger charge is -2.08. The highest BCUT2D eigenvalue weighted by atomic mass is 79.9. The molecule has 0 saturated carbocycles. The smallest absolute Gasteiger partial charge is 0.265 e. The average molecular weight is 380 g/mol. The van der Waals surface area contributed by atoms with Crippen LogP contribution in [-0.2, 0) is 23.5 Å². The molecule has 20 heavy (non-hydrogen) atoms. The van der Waals surface area contributed by atoms with Crippen LogP contribution in [-0.4, -0.2) is 23.2 Å². The largest absolute Gasteiger partial charge is 0.276 e. The molecule has 2 aromatic heterocycles. The summed E-state index contributed by atoms with van der Waals surface area (Å²) < 4.78 is 29.3. The summed E-state index contributed by atoms with van der Waals surface area (Å²) >= 11 is 9.03. The van der Waals surface area contributed by atoms with Crippen molar-refractivity contribution in [1.82, 2.24) is 14.8 Å². The number of aryl methyl sites for hydroxylation is 2. The first-order valence-corrected chi connectivity index (χ1v) is 8.35. The summed E-state index contributed by atoms with van der Waals surface area (Å²) in [7, 11) is -2.09. The second kappa shape index (κ2) is 5.71. The summed E-state index contributed by atoms with van der Waals surface area (Å²) in [6, 6.07) is 1.40. The number of halogens is 2. The van der Waals surface area contributed by atoms with Crippen LogP contribution in [0.2, 0.25) is 5.15 Å². The van der Waals surface area contributed by atoms with E-state index in [1.54, 1.807) is 17.9 Å². The van der Waals surface area contributed by atoms with Gasteiger partial charge in [0.1, 0.15) is 10.0 Å². The van der Waals surface area contributed by atoms with Crippen molar-refractivity contribution in [2.24, 2.45) is 7.05 Å². The highest BCUT2D eigenvalue weighted by molar-refractivity contribution is 9.10. The van der Waals surface area contributed by atoms with Crippen molar-refractivity contribution in [2.45, 2.75) is 18.2 Å². The third-order valence-corrected chi connectivity index (χ3v) is 4.77. The van der Waals surface area contributed by atoms with Crippen LogP contribution in [0.3, 0.4) is 0 Å². The summed E-state index contributed by atoms with van der Waals surface area (Å²) in [5, 5.41) is 4.10. The number of hydrogen-bond acceptors (Lipinski definition) is 4. The molecule has 6 nitrogen and oxygen atoms in total. The lowest BCUT2D eigenvalue weighted by atomic mass is 10.3. The van der Waals surface area contributed by atoms with Gasteiger partial charge in [0.15, 0.2) is 0 Å². The molecule has 0 bridgehead atoms. The lowest BCUT2D eigenvalue weighted by molar-refractivity contribution is 0.600. The molecular formula is C11H12BrClN4O2S. The van der Waals surface area contributed by atoms with Crippen LogP contribution in [0, 0.1) is 0 Å². The monoisotopic (exact) mass is 378 g/mol. The number of nitrogens with zero attached hydrogens (tertiary/aromatic N) is 3. The van der Waals surface area contributed by atoms with Crippen molar-refractivity contribution in [2.75, 3.05) is 4.72 Å². The quantitative estimate of drug-likeness (QED) is 0.828. The van der Waals surface area contributed by atoms with Crippen molar-refractivity contribution >= 4 is 43.2 Å². The van der Waals surface area contributed by atoms with E-state index >= 15 is 0 Å². The first-order chi connectivity index (χ1) is 9.33. The van der Waals surface area contributed by atoms with E-state index in [1.807, 2.05) is 6.92 Å². The third-order valence-electron chi connectivity index (χ3n) is 2.55. The molecule has 9 heteroatoms. The average Bonchev–Trinajstić information content (AvgIpc) is 2.71. The summed E-state index contributed by atoms with van der Waals surface area (Å²) in [5.41, 5.74) is 1.10. The summed E-state index contributed by atoms with van der Waals surface area (Å²) in [6.07, 6.45) is 3.65. The standard InChI is InChI=1S/C11H12BrClN4O2S/c1-3-8-9(6-17(2)15-8)16-20(18,19)10-4-7(12)5-14-11(10)13/h4-6,16H,3H2,1-2H3. The van der Waals surface area contributed by atoms with Crippen LogP contribution < -0.4 is 4.72 Å². The zero-order chi connectivity index (χ0) is 14.9. The fourth-order valence-corrected chi connectivity index (χ4v) is 3.69. The van der Waals surface area contributed by atoms with Crippen LogP contribution in [0.15, 0.2) is 27.8 Å². The van der Waals surface area contributed by atoms with E-state index in [4.69, 9.17) is 11.6 Å². The predicted molar refractivity (Wildman–Crippen MR) is 80.3 cm³/mol. The Balaban J connectivity index is 2.43. The molecule has 2 aromatic rings. The summed E-state index contributed by atoms with van der Waals surface area (Å²) in [6.45, 7) is 1.90. The molecule has 2 heterocycles. The Bertz CT molecular complexity index is 745. The molecule has 0 radical (unpaired) electrons. The van der Waals surface area contributed by atoms with E-state index in [-0.39, 0.29) is 10.0 Å². The molecular weight excluding hydrogens is 368 g/mol. The molecule has 0 atom stereocenters. The Morgan fingerprint density at radius 1 is 1.50 bits per heavy atom. The highest BCUT2D eigenvalue weighted by Crippen LogP contribution is 2.26. The molecule has 0 fully saturated rings. The van der Waals surface area contributed by atoms with Gasteiger partial charge >= 0.3 is 0 Å². The van der Waals surface area contributed by atoms with Crippen molar-refractivity contribution in [1.29, 1.82) is 0 Å². The van der Waals surface area contributed by atoms with Gasteiger partial charge in [0.25, 0.3) is 10.0 Å². The van der Waals surface area contributed by atoms with Crippen LogP contribution in [0.1, 0.15) is 12.6 Å². The number of sulfonamides is 1. The molecule has 2 rings (SSSR count). The fourth-order valence-electron chi connectivity index (χ4n) is 1.67. The molecule has 0 aromatic carbocycles. The van der Waals surface area contributed by atoms with Crippen LogP contribution in [0.4, 0.5) is 5.69 Å². The van der Waals surface area contributed by atoms with Crippen molar-refractivity contribution in [3.05, 3.63) is 33.8 Å². The maximum atomic E-state index is 12.4. The zero-order valence-corrected chi connectivity index (χ0v) is 13.9. The molecule has 108 valence electrons. The molecule has 0 aliphatic rings. The first kappa shape index (κ1) is 15.3. The van der Waals surface area contributed by atoms with Gasteiger partial charge in [0.05, 0.1) is 11.4 Å². The number of anilines is 1. The van der Waals surface area contributed by atoms with Gasteiger partial charge in [-0.3, -0.25) is 9.40 Å². The molecule has 0 aliphatic heterocycles. The summed E-state index contributed by atoms with van der Waals surface area (Å²) in [5.74, 6) is 0. The van der Waals surface area contributed by atoms with Gasteiger partial charge in [0.2, 0.25) is 0 Å². The maximum Gasteiger partial charge on any atom is 0.265 e. The maximum absolute atomic E-state index is 12.4. The number of nitrogens with one attached hydrogen (secondary N) is 1.